The second kappa shape index (κ2) is 7.89. The van der Waals surface area contributed by atoms with E-state index in [2.05, 4.69) is 24.1 Å². The first-order valence-corrected chi connectivity index (χ1v) is 6.95. The number of carbonyl (C=O) groups excluding carboxylic acids is 1. The van der Waals surface area contributed by atoms with Crippen LogP contribution < -0.4 is 11.1 Å². The number of hydrogen-bond acceptors (Lipinski definition) is 3. The van der Waals surface area contributed by atoms with Crippen LogP contribution in [0.4, 0.5) is 5.69 Å². The number of carbonyl (C=O) groups is 1. The van der Waals surface area contributed by atoms with Gasteiger partial charge in [-0.2, -0.15) is 0 Å². The molecule has 0 aliphatic carbocycles. The first-order valence-electron chi connectivity index (χ1n) is 6.95. The summed E-state index contributed by atoms with van der Waals surface area (Å²) < 4.78 is 0. The van der Waals surface area contributed by atoms with Crippen molar-refractivity contribution in [2.45, 2.75) is 40.0 Å². The summed E-state index contributed by atoms with van der Waals surface area (Å²) in [6.07, 6.45) is 5.82. The molecule has 1 aromatic heterocycles. The third-order valence-electron chi connectivity index (χ3n) is 3.54. The zero-order chi connectivity index (χ0) is 14.3. The third kappa shape index (κ3) is 5.39. The zero-order valence-corrected chi connectivity index (χ0v) is 12.1. The Balaban J connectivity index is 2.45. The second-order valence-electron chi connectivity index (χ2n) is 5.36. The summed E-state index contributed by atoms with van der Waals surface area (Å²) in [6, 6.07) is 1.89. The highest BCUT2D eigenvalue weighted by molar-refractivity contribution is 5.91. The van der Waals surface area contributed by atoms with Crippen LogP contribution >= 0.6 is 0 Å². The quantitative estimate of drug-likeness (QED) is 0.794. The molecule has 1 aromatic rings. The van der Waals surface area contributed by atoms with Crippen LogP contribution in [0, 0.1) is 18.8 Å². The maximum atomic E-state index is 11.9. The summed E-state index contributed by atoms with van der Waals surface area (Å²) in [5.74, 6) is 1.14. The molecular weight excluding hydrogens is 238 g/mol. The minimum Gasteiger partial charge on any atom is -0.330 e. The first-order chi connectivity index (χ1) is 9.04. The first kappa shape index (κ1) is 15.6. The van der Waals surface area contributed by atoms with E-state index >= 15 is 0 Å². The number of nitrogens with zero attached hydrogens (tertiary/aromatic N) is 1. The van der Waals surface area contributed by atoms with Crippen LogP contribution in [-0.4, -0.2) is 17.4 Å². The van der Waals surface area contributed by atoms with Gasteiger partial charge in [0.05, 0.1) is 11.9 Å². The van der Waals surface area contributed by atoms with E-state index < -0.39 is 0 Å². The molecule has 0 aliphatic rings. The molecule has 0 saturated heterocycles. The fourth-order valence-corrected chi connectivity index (χ4v) is 2.15. The highest BCUT2D eigenvalue weighted by Crippen LogP contribution is 2.21. The van der Waals surface area contributed by atoms with Crippen molar-refractivity contribution in [2.75, 3.05) is 11.9 Å². The average molecular weight is 263 g/mol. The van der Waals surface area contributed by atoms with Gasteiger partial charge in [-0.25, -0.2) is 0 Å². The predicted octanol–water partition coefficient (Wildman–Crippen LogP) is 2.73. The highest BCUT2D eigenvalue weighted by Gasteiger charge is 2.14. The molecule has 0 aliphatic heterocycles. The molecule has 1 rings (SSSR count). The number of hydrogen-bond donors (Lipinski definition) is 2. The second-order valence-corrected chi connectivity index (χ2v) is 5.36. The molecule has 4 heteroatoms. The number of amides is 1. The highest BCUT2D eigenvalue weighted by atomic mass is 16.1. The molecule has 0 bridgehead atoms. The molecular formula is C15H25N3O. The number of aryl methyl sites for hydroxylation is 1. The van der Waals surface area contributed by atoms with Crippen molar-refractivity contribution in [1.29, 1.82) is 0 Å². The molecule has 0 fully saturated rings. The molecule has 4 nitrogen and oxygen atoms in total. The van der Waals surface area contributed by atoms with E-state index in [0.29, 0.717) is 24.8 Å². The molecule has 0 aromatic carbocycles. The van der Waals surface area contributed by atoms with Crippen LogP contribution in [0.25, 0.3) is 0 Å². The normalized spacial score (nSPS) is 12.5. The SMILES string of the molecule is Cc1ccncc1NC(=O)CCC(CCN)C(C)C. The van der Waals surface area contributed by atoms with Crippen LogP contribution in [0.3, 0.4) is 0 Å². The largest absolute Gasteiger partial charge is 0.330 e. The van der Waals surface area contributed by atoms with E-state index in [1.54, 1.807) is 12.4 Å². The number of nitrogens with two attached hydrogens (primary N) is 1. The fourth-order valence-electron chi connectivity index (χ4n) is 2.15. The van der Waals surface area contributed by atoms with Gasteiger partial charge in [0.1, 0.15) is 0 Å². The summed E-state index contributed by atoms with van der Waals surface area (Å²) in [4.78, 5) is 15.9. The maximum Gasteiger partial charge on any atom is 0.224 e. The van der Waals surface area contributed by atoms with Crippen LogP contribution in [0.2, 0.25) is 0 Å². The van der Waals surface area contributed by atoms with E-state index in [1.165, 1.54) is 0 Å². The van der Waals surface area contributed by atoms with Gasteiger partial charge in [0, 0.05) is 12.6 Å². The lowest BCUT2D eigenvalue weighted by atomic mass is 9.88. The average Bonchev–Trinajstić information content (AvgIpc) is 2.37. The molecule has 1 heterocycles. The smallest absolute Gasteiger partial charge is 0.224 e. The third-order valence-corrected chi connectivity index (χ3v) is 3.54. The van der Waals surface area contributed by atoms with Crippen LogP contribution in [0.5, 0.6) is 0 Å². The van der Waals surface area contributed by atoms with Crippen molar-refractivity contribution >= 4 is 11.6 Å². The monoisotopic (exact) mass is 263 g/mol. The molecule has 0 saturated carbocycles. The van der Waals surface area contributed by atoms with E-state index in [1.807, 2.05) is 13.0 Å². The summed E-state index contributed by atoms with van der Waals surface area (Å²) in [5.41, 5.74) is 7.44. The van der Waals surface area contributed by atoms with Crippen LogP contribution in [0.15, 0.2) is 18.5 Å². The van der Waals surface area contributed by atoms with E-state index in [4.69, 9.17) is 5.73 Å². The molecule has 0 spiro atoms. The van der Waals surface area contributed by atoms with Gasteiger partial charge in [-0.05, 0) is 49.8 Å². The minimum atomic E-state index is 0.0544. The Hall–Kier alpha value is -1.42. The number of rotatable bonds is 7. The number of anilines is 1. The fraction of sp³-hybridized carbons (Fsp3) is 0.600. The van der Waals surface area contributed by atoms with Crippen molar-refractivity contribution in [2.24, 2.45) is 17.6 Å². The number of aromatic nitrogens is 1. The van der Waals surface area contributed by atoms with Crippen molar-refractivity contribution in [3.05, 3.63) is 24.0 Å². The van der Waals surface area contributed by atoms with Gasteiger partial charge in [0.25, 0.3) is 0 Å². The summed E-state index contributed by atoms with van der Waals surface area (Å²) >= 11 is 0. The number of nitrogens with one attached hydrogen (secondary N) is 1. The molecule has 3 N–H and O–H groups in total. The predicted molar refractivity (Wildman–Crippen MR) is 78.8 cm³/mol. The van der Waals surface area contributed by atoms with Gasteiger partial charge in [0.2, 0.25) is 5.91 Å². The van der Waals surface area contributed by atoms with E-state index in [9.17, 15) is 4.79 Å². The van der Waals surface area contributed by atoms with Crippen molar-refractivity contribution in [1.82, 2.24) is 4.98 Å². The van der Waals surface area contributed by atoms with Crippen LogP contribution in [0.1, 0.15) is 38.7 Å². The lowest BCUT2D eigenvalue weighted by Crippen LogP contribution is -2.18. The lowest BCUT2D eigenvalue weighted by molar-refractivity contribution is -0.116. The van der Waals surface area contributed by atoms with Gasteiger partial charge in [-0.1, -0.05) is 13.8 Å². The van der Waals surface area contributed by atoms with Crippen molar-refractivity contribution in [3.8, 4) is 0 Å². The Bertz CT molecular complexity index is 404. The Labute approximate surface area is 115 Å². The van der Waals surface area contributed by atoms with Crippen LogP contribution in [-0.2, 0) is 4.79 Å². The molecule has 106 valence electrons. The topological polar surface area (TPSA) is 68.0 Å². The number of pyridine rings is 1. The summed E-state index contributed by atoms with van der Waals surface area (Å²) in [6.45, 7) is 7.02. The van der Waals surface area contributed by atoms with Gasteiger partial charge >= 0.3 is 0 Å². The Morgan fingerprint density at radius 1 is 1.42 bits per heavy atom. The maximum absolute atomic E-state index is 11.9. The lowest BCUT2D eigenvalue weighted by Gasteiger charge is -2.19. The van der Waals surface area contributed by atoms with Gasteiger partial charge in [0.15, 0.2) is 0 Å². The van der Waals surface area contributed by atoms with Gasteiger partial charge in [-0.3, -0.25) is 9.78 Å². The van der Waals surface area contributed by atoms with Gasteiger partial charge in [-0.15, -0.1) is 0 Å². The Morgan fingerprint density at radius 3 is 2.74 bits per heavy atom. The molecule has 1 unspecified atom stereocenters. The molecule has 1 atom stereocenters. The molecule has 19 heavy (non-hydrogen) atoms. The van der Waals surface area contributed by atoms with E-state index in [-0.39, 0.29) is 5.91 Å². The Morgan fingerprint density at radius 2 is 2.16 bits per heavy atom. The Kier molecular flexibility index (Phi) is 6.50. The summed E-state index contributed by atoms with van der Waals surface area (Å²) in [5, 5.41) is 2.91. The molecule has 0 radical (unpaired) electrons. The minimum absolute atomic E-state index is 0.0544. The van der Waals surface area contributed by atoms with Crippen molar-refractivity contribution < 1.29 is 4.79 Å². The van der Waals surface area contributed by atoms with Crippen molar-refractivity contribution in [3.63, 3.8) is 0 Å². The standard InChI is InChI=1S/C15H25N3O/c1-11(2)13(6-8-16)4-5-15(19)18-14-10-17-9-7-12(14)3/h7,9-11,13H,4-6,8,16H2,1-3H3,(H,18,19). The van der Waals surface area contributed by atoms with Gasteiger partial charge < -0.3 is 11.1 Å². The molecule has 1 amide bonds. The zero-order valence-electron chi connectivity index (χ0n) is 12.1. The summed E-state index contributed by atoms with van der Waals surface area (Å²) in [7, 11) is 0. The van der Waals surface area contributed by atoms with E-state index in [0.717, 1.165) is 24.1 Å².